The number of aromatic nitrogens is 1. The van der Waals surface area contributed by atoms with Crippen LogP contribution in [-0.4, -0.2) is 16.6 Å². The van der Waals surface area contributed by atoms with Crippen LogP contribution in [0.4, 0.5) is 15.8 Å². The minimum atomic E-state index is -0.236. The lowest BCUT2D eigenvalue weighted by Gasteiger charge is -2.21. The lowest BCUT2D eigenvalue weighted by molar-refractivity contribution is 0.282. The third-order valence-electron chi connectivity index (χ3n) is 3.28. The van der Waals surface area contributed by atoms with Crippen LogP contribution in [-0.2, 0) is 13.0 Å². The molecule has 0 atom stereocenters. The summed E-state index contributed by atoms with van der Waals surface area (Å²) < 4.78 is 13.3. The van der Waals surface area contributed by atoms with Gasteiger partial charge in [-0.05, 0) is 30.2 Å². The zero-order valence-electron chi connectivity index (χ0n) is 9.81. The van der Waals surface area contributed by atoms with Crippen molar-refractivity contribution < 1.29 is 9.50 Å². The fourth-order valence-corrected chi connectivity index (χ4v) is 2.41. The Morgan fingerprint density at radius 1 is 1.28 bits per heavy atom. The van der Waals surface area contributed by atoms with Crippen molar-refractivity contribution in [1.82, 2.24) is 4.98 Å². The number of hydrogen-bond acceptors (Lipinski definition) is 3. The molecule has 2 aromatic rings. The summed E-state index contributed by atoms with van der Waals surface area (Å²) in [7, 11) is 0. The zero-order chi connectivity index (χ0) is 12.5. The molecule has 0 bridgehead atoms. The Hall–Kier alpha value is -1.94. The van der Waals surface area contributed by atoms with Crippen molar-refractivity contribution in [3.05, 3.63) is 53.6 Å². The van der Waals surface area contributed by atoms with E-state index < -0.39 is 0 Å². The summed E-state index contributed by atoms with van der Waals surface area (Å²) >= 11 is 0. The van der Waals surface area contributed by atoms with Crippen molar-refractivity contribution in [3.63, 3.8) is 0 Å². The molecule has 3 rings (SSSR count). The van der Waals surface area contributed by atoms with E-state index in [1.807, 2.05) is 17.0 Å². The van der Waals surface area contributed by atoms with E-state index in [0.717, 1.165) is 35.5 Å². The van der Waals surface area contributed by atoms with Crippen molar-refractivity contribution in [2.24, 2.45) is 0 Å². The van der Waals surface area contributed by atoms with Crippen molar-refractivity contribution in [1.29, 1.82) is 0 Å². The van der Waals surface area contributed by atoms with Gasteiger partial charge in [-0.3, -0.25) is 4.98 Å². The molecular formula is C14H13FN2O. The topological polar surface area (TPSA) is 36.4 Å². The maximum Gasteiger partial charge on any atom is 0.125 e. The van der Waals surface area contributed by atoms with E-state index in [-0.39, 0.29) is 12.4 Å². The standard InChI is InChI=1S/C14H13FN2O/c15-12-2-1-10-4-6-17(14(10)7-12)13-3-5-16-8-11(13)9-18/h1-3,5,7-8,18H,4,6,9H2. The fraction of sp³-hybridized carbons (Fsp3) is 0.214. The first kappa shape index (κ1) is 11.2. The lowest BCUT2D eigenvalue weighted by atomic mass is 10.1. The maximum absolute atomic E-state index is 13.3. The third kappa shape index (κ3) is 1.75. The van der Waals surface area contributed by atoms with E-state index in [0.29, 0.717) is 0 Å². The second-order valence-electron chi connectivity index (χ2n) is 4.34. The zero-order valence-corrected chi connectivity index (χ0v) is 9.81. The first-order valence-electron chi connectivity index (χ1n) is 5.89. The van der Waals surface area contributed by atoms with Crippen LogP contribution in [0.25, 0.3) is 0 Å². The summed E-state index contributed by atoms with van der Waals surface area (Å²) in [4.78, 5) is 6.03. The monoisotopic (exact) mass is 244 g/mol. The lowest BCUT2D eigenvalue weighted by Crippen LogP contribution is -2.15. The molecule has 0 unspecified atom stereocenters. The summed E-state index contributed by atoms with van der Waals surface area (Å²) in [6, 6.07) is 6.71. The molecular weight excluding hydrogens is 231 g/mol. The molecule has 0 amide bonds. The van der Waals surface area contributed by atoms with Gasteiger partial charge in [0.2, 0.25) is 0 Å². The molecule has 1 aromatic heterocycles. The Kier molecular flexibility index (Phi) is 2.72. The van der Waals surface area contributed by atoms with Crippen LogP contribution in [0.2, 0.25) is 0 Å². The Bertz CT molecular complexity index is 586. The SMILES string of the molecule is OCc1cnccc1N1CCc2ccc(F)cc21. The molecule has 0 aliphatic carbocycles. The number of aliphatic hydroxyl groups is 1. The van der Waals surface area contributed by atoms with E-state index in [1.54, 1.807) is 18.5 Å². The number of halogens is 1. The van der Waals surface area contributed by atoms with E-state index in [1.165, 1.54) is 6.07 Å². The Balaban J connectivity index is 2.08. The smallest absolute Gasteiger partial charge is 0.125 e. The van der Waals surface area contributed by atoms with Crippen LogP contribution >= 0.6 is 0 Å². The van der Waals surface area contributed by atoms with Crippen LogP contribution < -0.4 is 4.90 Å². The molecule has 1 aliphatic rings. The highest BCUT2D eigenvalue weighted by molar-refractivity contribution is 5.71. The Labute approximate surface area is 105 Å². The molecule has 0 fully saturated rings. The minimum absolute atomic E-state index is 0.0652. The van der Waals surface area contributed by atoms with Crippen LogP contribution in [0.15, 0.2) is 36.7 Å². The molecule has 1 aliphatic heterocycles. The number of nitrogens with zero attached hydrogens (tertiary/aromatic N) is 2. The highest BCUT2D eigenvalue weighted by Crippen LogP contribution is 2.36. The van der Waals surface area contributed by atoms with Gasteiger partial charge in [0, 0.05) is 35.9 Å². The van der Waals surface area contributed by atoms with Gasteiger partial charge in [-0.2, -0.15) is 0 Å². The second kappa shape index (κ2) is 4.38. The van der Waals surface area contributed by atoms with Crippen molar-refractivity contribution >= 4 is 11.4 Å². The molecule has 1 aromatic carbocycles. The molecule has 0 spiro atoms. The number of pyridine rings is 1. The summed E-state index contributed by atoms with van der Waals surface area (Å²) in [6.45, 7) is 0.736. The number of aliphatic hydroxyl groups excluding tert-OH is 1. The largest absolute Gasteiger partial charge is 0.392 e. The molecule has 2 heterocycles. The summed E-state index contributed by atoms with van der Waals surface area (Å²) in [5.74, 6) is -0.236. The highest BCUT2D eigenvalue weighted by Gasteiger charge is 2.22. The van der Waals surface area contributed by atoms with E-state index >= 15 is 0 Å². The van der Waals surface area contributed by atoms with E-state index in [9.17, 15) is 9.50 Å². The minimum Gasteiger partial charge on any atom is -0.392 e. The molecule has 0 radical (unpaired) electrons. The molecule has 3 nitrogen and oxygen atoms in total. The van der Waals surface area contributed by atoms with Crippen LogP contribution in [0.3, 0.4) is 0 Å². The number of fused-ring (bicyclic) bond motifs is 1. The molecule has 4 heteroatoms. The van der Waals surface area contributed by atoms with Crippen molar-refractivity contribution in [2.45, 2.75) is 13.0 Å². The van der Waals surface area contributed by atoms with Gasteiger partial charge < -0.3 is 10.0 Å². The summed E-state index contributed by atoms with van der Waals surface area (Å²) in [5.41, 5.74) is 3.68. The van der Waals surface area contributed by atoms with Gasteiger partial charge in [-0.25, -0.2) is 4.39 Å². The molecule has 0 saturated heterocycles. The number of anilines is 2. The van der Waals surface area contributed by atoms with Crippen LogP contribution in [0, 0.1) is 5.82 Å². The van der Waals surface area contributed by atoms with E-state index in [2.05, 4.69) is 4.98 Å². The summed E-state index contributed by atoms with van der Waals surface area (Å²) in [6.07, 6.45) is 4.22. The van der Waals surface area contributed by atoms with E-state index in [4.69, 9.17) is 0 Å². The first-order chi connectivity index (χ1) is 8.79. The van der Waals surface area contributed by atoms with Gasteiger partial charge in [0.1, 0.15) is 5.82 Å². The van der Waals surface area contributed by atoms with Gasteiger partial charge in [0.05, 0.1) is 6.61 Å². The molecule has 18 heavy (non-hydrogen) atoms. The summed E-state index contributed by atoms with van der Waals surface area (Å²) in [5, 5.41) is 9.34. The normalized spacial score (nSPS) is 13.8. The predicted molar refractivity (Wildman–Crippen MR) is 67.3 cm³/mol. The van der Waals surface area contributed by atoms with Gasteiger partial charge in [-0.1, -0.05) is 6.07 Å². The second-order valence-corrected chi connectivity index (χ2v) is 4.34. The van der Waals surface area contributed by atoms with Gasteiger partial charge in [0.25, 0.3) is 0 Å². The molecule has 0 saturated carbocycles. The average Bonchev–Trinajstić information content (AvgIpc) is 2.81. The predicted octanol–water partition coefficient (Wildman–Crippen LogP) is 2.41. The first-order valence-corrected chi connectivity index (χ1v) is 5.89. The maximum atomic E-state index is 13.3. The fourth-order valence-electron chi connectivity index (χ4n) is 2.41. The Morgan fingerprint density at radius 3 is 3.00 bits per heavy atom. The Morgan fingerprint density at radius 2 is 2.17 bits per heavy atom. The number of benzene rings is 1. The third-order valence-corrected chi connectivity index (χ3v) is 3.28. The van der Waals surface area contributed by atoms with Crippen LogP contribution in [0.5, 0.6) is 0 Å². The number of rotatable bonds is 2. The molecule has 1 N–H and O–H groups in total. The molecule has 92 valence electrons. The highest BCUT2D eigenvalue weighted by atomic mass is 19.1. The van der Waals surface area contributed by atoms with Crippen molar-refractivity contribution in [2.75, 3.05) is 11.4 Å². The van der Waals surface area contributed by atoms with Gasteiger partial charge in [-0.15, -0.1) is 0 Å². The average molecular weight is 244 g/mol. The van der Waals surface area contributed by atoms with Crippen LogP contribution in [0.1, 0.15) is 11.1 Å². The quantitative estimate of drug-likeness (QED) is 0.881. The van der Waals surface area contributed by atoms with Gasteiger partial charge in [0.15, 0.2) is 0 Å². The number of hydrogen-bond donors (Lipinski definition) is 1. The van der Waals surface area contributed by atoms with Crippen molar-refractivity contribution in [3.8, 4) is 0 Å². The van der Waals surface area contributed by atoms with Gasteiger partial charge >= 0.3 is 0 Å².